The van der Waals surface area contributed by atoms with E-state index in [9.17, 15) is 0 Å². The van der Waals surface area contributed by atoms with Crippen LogP contribution >= 0.6 is 0 Å². The monoisotopic (exact) mass is 671 g/mol. The Morgan fingerprint density at radius 3 is 1.09 bits per heavy atom. The van der Waals surface area contributed by atoms with Gasteiger partial charge in [0.1, 0.15) is 0 Å². The first-order valence-electron chi connectivity index (χ1n) is 15.6. The van der Waals surface area contributed by atoms with Crippen LogP contribution in [0.4, 0.5) is 0 Å². The predicted molar refractivity (Wildman–Crippen MR) is 186 cm³/mol. The van der Waals surface area contributed by atoms with Crippen LogP contribution in [0.5, 0.6) is 0 Å². The third-order valence-corrected chi connectivity index (χ3v) is 9.38. The molecule has 8 nitrogen and oxygen atoms in total. The topological polar surface area (TPSA) is 87.2 Å². The van der Waals surface area contributed by atoms with Crippen LogP contribution in [0, 0.1) is 83.1 Å². The fraction of sp³-hybridized carbons (Fsp3) is 0.316. The van der Waals surface area contributed by atoms with E-state index in [0.717, 1.165) is 68.1 Å². The van der Waals surface area contributed by atoms with Crippen molar-refractivity contribution in [1.82, 2.24) is 39.5 Å². The van der Waals surface area contributed by atoms with Gasteiger partial charge in [0, 0.05) is 23.8 Å². The van der Waals surface area contributed by atoms with Crippen LogP contribution in [0.3, 0.4) is 0 Å². The van der Waals surface area contributed by atoms with Gasteiger partial charge in [-0.25, -0.2) is 19.3 Å². The molecule has 0 aliphatic heterocycles. The van der Waals surface area contributed by atoms with Gasteiger partial charge < -0.3 is 0 Å². The Kier molecular flexibility index (Phi) is 10.6. The SMILES string of the molecule is Cc1ccnc(-c2nc(-n3ncc(C)c3C)cc(C)c2C)c1C.Cc1ccnc(-c2nc(-n3ncc(C)c3C)cc(C)c2C)c1C.[Co+3]. The Labute approximate surface area is 289 Å². The molecule has 0 aromatic carbocycles. The Bertz CT molecular complexity index is 1940. The van der Waals surface area contributed by atoms with Gasteiger partial charge in [-0.1, -0.05) is 0 Å². The number of pyridine rings is 4. The predicted octanol–water partition coefficient (Wildman–Crippen LogP) is 8.36. The normalized spacial score (nSPS) is 10.8. The third-order valence-electron chi connectivity index (χ3n) is 9.38. The minimum atomic E-state index is 0. The molecule has 0 radical (unpaired) electrons. The van der Waals surface area contributed by atoms with Crippen molar-refractivity contribution in [3.8, 4) is 34.4 Å². The molecule has 9 heteroatoms. The van der Waals surface area contributed by atoms with Gasteiger partial charge in [-0.3, -0.25) is 9.97 Å². The van der Waals surface area contributed by atoms with E-state index < -0.39 is 0 Å². The summed E-state index contributed by atoms with van der Waals surface area (Å²) in [5.74, 6) is 1.69. The molecular formula is C38H44CoN8+3. The van der Waals surface area contributed by atoms with E-state index in [1.165, 1.54) is 33.4 Å². The Morgan fingerprint density at radius 2 is 0.766 bits per heavy atom. The van der Waals surface area contributed by atoms with Crippen LogP contribution in [0.15, 0.2) is 49.1 Å². The van der Waals surface area contributed by atoms with Crippen LogP contribution in [0.2, 0.25) is 0 Å². The van der Waals surface area contributed by atoms with E-state index >= 15 is 0 Å². The molecule has 6 rings (SSSR count). The van der Waals surface area contributed by atoms with Crippen molar-refractivity contribution in [2.24, 2.45) is 0 Å². The third kappa shape index (κ3) is 6.82. The summed E-state index contributed by atoms with van der Waals surface area (Å²) in [6.07, 6.45) is 7.46. The van der Waals surface area contributed by atoms with Gasteiger partial charge in [-0.2, -0.15) is 10.2 Å². The summed E-state index contributed by atoms with van der Waals surface area (Å²) in [7, 11) is 0. The van der Waals surface area contributed by atoms with Crippen molar-refractivity contribution in [2.45, 2.75) is 83.1 Å². The zero-order chi connectivity index (χ0) is 33.4. The summed E-state index contributed by atoms with van der Waals surface area (Å²) in [6, 6.07) is 8.24. The van der Waals surface area contributed by atoms with Gasteiger partial charge in [0.05, 0.1) is 35.2 Å². The van der Waals surface area contributed by atoms with Crippen LogP contribution in [0.1, 0.15) is 67.0 Å². The van der Waals surface area contributed by atoms with Crippen LogP contribution in [-0.4, -0.2) is 39.5 Å². The average molecular weight is 672 g/mol. The van der Waals surface area contributed by atoms with Crippen LogP contribution in [0.25, 0.3) is 34.4 Å². The molecule has 0 atom stereocenters. The van der Waals surface area contributed by atoms with Gasteiger partial charge >= 0.3 is 16.8 Å². The number of hydrogen-bond acceptors (Lipinski definition) is 6. The summed E-state index contributed by atoms with van der Waals surface area (Å²) >= 11 is 0. The number of aryl methyl sites for hydroxylation is 6. The molecule has 0 N–H and O–H groups in total. The number of aromatic nitrogens is 8. The molecule has 0 fully saturated rings. The molecule has 0 saturated carbocycles. The Morgan fingerprint density at radius 1 is 0.426 bits per heavy atom. The van der Waals surface area contributed by atoms with Crippen molar-refractivity contribution in [1.29, 1.82) is 0 Å². The summed E-state index contributed by atoms with van der Waals surface area (Å²) in [6.45, 7) is 25.1. The van der Waals surface area contributed by atoms with Gasteiger partial charge in [-0.05, 0) is 163 Å². The molecule has 0 bridgehead atoms. The van der Waals surface area contributed by atoms with E-state index in [-0.39, 0.29) is 16.8 Å². The molecule has 0 amide bonds. The van der Waals surface area contributed by atoms with Crippen molar-refractivity contribution in [2.75, 3.05) is 0 Å². The number of rotatable bonds is 4. The fourth-order valence-corrected chi connectivity index (χ4v) is 5.30. The zero-order valence-corrected chi connectivity index (χ0v) is 30.6. The summed E-state index contributed by atoms with van der Waals surface area (Å²) < 4.78 is 3.80. The molecular weight excluding hydrogens is 627 g/mol. The molecule has 6 aromatic rings. The number of hydrogen-bond donors (Lipinski definition) is 0. The molecule has 6 heterocycles. The Balaban J connectivity index is 0.000000208. The summed E-state index contributed by atoms with van der Waals surface area (Å²) in [4.78, 5) is 18.9. The number of nitrogens with zero attached hydrogens (tertiary/aromatic N) is 8. The van der Waals surface area contributed by atoms with E-state index in [4.69, 9.17) is 9.97 Å². The smallest absolute Gasteiger partial charge is 0.254 e. The van der Waals surface area contributed by atoms with Crippen LogP contribution in [-0.2, 0) is 16.8 Å². The first-order chi connectivity index (χ1) is 21.8. The minimum absolute atomic E-state index is 0. The van der Waals surface area contributed by atoms with Gasteiger partial charge in [-0.15, -0.1) is 0 Å². The second-order valence-corrected chi connectivity index (χ2v) is 12.4. The maximum atomic E-state index is 4.89. The van der Waals surface area contributed by atoms with E-state index in [0.29, 0.717) is 0 Å². The molecule has 0 aliphatic rings. The molecule has 242 valence electrons. The second-order valence-electron chi connectivity index (χ2n) is 12.4. The van der Waals surface area contributed by atoms with Crippen LogP contribution < -0.4 is 0 Å². The Hall–Kier alpha value is -4.47. The quantitative estimate of drug-likeness (QED) is 0.187. The molecule has 47 heavy (non-hydrogen) atoms. The van der Waals surface area contributed by atoms with Gasteiger partial charge in [0.15, 0.2) is 11.6 Å². The summed E-state index contributed by atoms with van der Waals surface area (Å²) in [5.41, 5.74) is 17.9. The maximum absolute atomic E-state index is 4.89. The first-order valence-corrected chi connectivity index (χ1v) is 15.6. The molecule has 0 aliphatic carbocycles. The average Bonchev–Trinajstić information content (AvgIpc) is 3.54. The van der Waals surface area contributed by atoms with E-state index in [1.807, 2.05) is 46.3 Å². The van der Waals surface area contributed by atoms with E-state index in [2.05, 4.69) is 115 Å². The molecule has 0 unspecified atom stereocenters. The van der Waals surface area contributed by atoms with Crippen molar-refractivity contribution in [3.63, 3.8) is 0 Å². The molecule has 0 spiro atoms. The standard InChI is InChI=1S/2C19H22N4.Co/c2*1-11-7-8-20-18(14(11)4)19-15(5)12(2)9-17(22-19)23-16(6)13(3)10-21-23;/h2*7-10H,1-6H3;/q;;+3. The van der Waals surface area contributed by atoms with Crippen molar-refractivity contribution >= 4 is 0 Å². The van der Waals surface area contributed by atoms with Gasteiger partial charge in [0.25, 0.3) is 0 Å². The zero-order valence-electron chi connectivity index (χ0n) is 29.5. The largest absolute Gasteiger partial charge is 3.00 e. The maximum Gasteiger partial charge on any atom is 3.00 e. The van der Waals surface area contributed by atoms with E-state index in [1.54, 1.807) is 0 Å². The minimum Gasteiger partial charge on any atom is -0.254 e. The second kappa shape index (κ2) is 14.1. The van der Waals surface area contributed by atoms with Crippen molar-refractivity contribution in [3.05, 3.63) is 116 Å². The van der Waals surface area contributed by atoms with Gasteiger partial charge in [0.2, 0.25) is 0 Å². The first kappa shape index (κ1) is 35.4. The molecule has 0 saturated heterocycles. The molecule has 6 aromatic heterocycles. The summed E-state index contributed by atoms with van der Waals surface area (Å²) in [5, 5.41) is 8.93. The van der Waals surface area contributed by atoms with Crippen molar-refractivity contribution < 1.29 is 16.8 Å². The fourth-order valence-electron chi connectivity index (χ4n) is 5.30.